The van der Waals surface area contributed by atoms with E-state index in [1.54, 1.807) is 18.1 Å². The highest BCUT2D eigenvalue weighted by Crippen LogP contribution is 2.33. The molecule has 1 aromatic carbocycles. The smallest absolute Gasteiger partial charge is 0.410 e. The molecule has 3 rings (SSSR count). The van der Waals surface area contributed by atoms with Gasteiger partial charge in [0.25, 0.3) is 0 Å². The molecule has 2 heterocycles. The maximum absolute atomic E-state index is 12.0. The van der Waals surface area contributed by atoms with Gasteiger partial charge in [0.1, 0.15) is 29.0 Å². The first-order valence-corrected chi connectivity index (χ1v) is 8.81. The second-order valence-electron chi connectivity index (χ2n) is 7.43. The summed E-state index contributed by atoms with van der Waals surface area (Å²) in [4.78, 5) is 17.9. The predicted molar refractivity (Wildman–Crippen MR) is 103 cm³/mol. The van der Waals surface area contributed by atoms with Crippen LogP contribution in [0.15, 0.2) is 36.4 Å². The second kappa shape index (κ2) is 7.34. The molecule has 2 N–H and O–H groups in total. The molecule has 0 saturated carbocycles. The van der Waals surface area contributed by atoms with E-state index >= 15 is 0 Å². The van der Waals surface area contributed by atoms with Crippen LogP contribution in [0.25, 0.3) is 11.3 Å². The van der Waals surface area contributed by atoms with Crippen molar-refractivity contribution >= 4 is 11.9 Å². The Kier molecular flexibility index (Phi) is 5.12. The topological polar surface area (TPSA) is 86.9 Å². The molecule has 0 bridgehead atoms. The van der Waals surface area contributed by atoms with E-state index in [1.807, 2.05) is 51.1 Å². The first-order valence-electron chi connectivity index (χ1n) is 8.81. The highest BCUT2D eigenvalue weighted by atomic mass is 16.6. The van der Waals surface area contributed by atoms with E-state index in [-0.39, 0.29) is 12.2 Å². The van der Waals surface area contributed by atoms with E-state index in [2.05, 4.69) is 4.98 Å². The minimum Gasteiger partial charge on any atom is -0.496 e. The van der Waals surface area contributed by atoms with Crippen molar-refractivity contribution in [3.63, 3.8) is 0 Å². The summed E-state index contributed by atoms with van der Waals surface area (Å²) >= 11 is 0. The van der Waals surface area contributed by atoms with Crippen LogP contribution in [0.3, 0.4) is 0 Å². The molecular formula is C20H25N3O4. The number of anilines is 1. The standard InChI is InChI=1S/C20H25N3O4/c1-20(2,3)27-19(24)23-11-14(12-23)26-13-8-9-15(17(10-13)25-4)16-6-5-7-18(21)22-16/h5-10,14H,11-12H2,1-4H3,(H2,21,22). The largest absolute Gasteiger partial charge is 0.496 e. The Morgan fingerprint density at radius 1 is 1.22 bits per heavy atom. The third-order valence-corrected chi connectivity index (χ3v) is 4.02. The number of nitrogens with two attached hydrogens (primary N) is 1. The maximum Gasteiger partial charge on any atom is 0.410 e. The van der Waals surface area contributed by atoms with Gasteiger partial charge in [-0.15, -0.1) is 0 Å². The predicted octanol–water partition coefficient (Wildman–Crippen LogP) is 3.34. The highest BCUT2D eigenvalue weighted by molar-refractivity contribution is 5.70. The van der Waals surface area contributed by atoms with Crippen molar-refractivity contribution < 1.29 is 19.0 Å². The Morgan fingerprint density at radius 2 is 1.96 bits per heavy atom. The van der Waals surface area contributed by atoms with Gasteiger partial charge in [0.05, 0.1) is 25.9 Å². The van der Waals surface area contributed by atoms with Gasteiger partial charge in [-0.3, -0.25) is 0 Å². The number of likely N-dealkylation sites (tertiary alicyclic amines) is 1. The van der Waals surface area contributed by atoms with Crippen molar-refractivity contribution in [2.75, 3.05) is 25.9 Å². The van der Waals surface area contributed by atoms with Crippen LogP contribution < -0.4 is 15.2 Å². The number of hydrogen-bond acceptors (Lipinski definition) is 6. The van der Waals surface area contributed by atoms with Gasteiger partial charge in [-0.1, -0.05) is 6.07 Å². The molecule has 7 nitrogen and oxygen atoms in total. The molecule has 1 aromatic heterocycles. The number of ether oxygens (including phenoxy) is 3. The van der Waals surface area contributed by atoms with E-state index in [1.165, 1.54) is 0 Å². The summed E-state index contributed by atoms with van der Waals surface area (Å²) in [5.41, 5.74) is 6.84. The van der Waals surface area contributed by atoms with Crippen molar-refractivity contribution in [2.24, 2.45) is 0 Å². The Hall–Kier alpha value is -2.96. The summed E-state index contributed by atoms with van der Waals surface area (Å²) in [6, 6.07) is 11.0. The van der Waals surface area contributed by atoms with Crippen LogP contribution in [0, 0.1) is 0 Å². The molecule has 0 radical (unpaired) electrons. The maximum atomic E-state index is 12.0. The lowest BCUT2D eigenvalue weighted by atomic mass is 10.1. The third-order valence-electron chi connectivity index (χ3n) is 4.02. The summed E-state index contributed by atoms with van der Waals surface area (Å²) in [6.07, 6.45) is -0.387. The van der Waals surface area contributed by atoms with Gasteiger partial charge in [0.2, 0.25) is 0 Å². The van der Waals surface area contributed by atoms with Crippen LogP contribution in [-0.2, 0) is 4.74 Å². The highest BCUT2D eigenvalue weighted by Gasteiger charge is 2.35. The Labute approximate surface area is 159 Å². The number of benzene rings is 1. The van der Waals surface area contributed by atoms with Gasteiger partial charge in [-0.2, -0.15) is 0 Å². The van der Waals surface area contributed by atoms with Crippen LogP contribution in [0.4, 0.5) is 10.6 Å². The summed E-state index contributed by atoms with van der Waals surface area (Å²) in [5, 5.41) is 0. The molecule has 0 atom stereocenters. The second-order valence-corrected chi connectivity index (χ2v) is 7.43. The molecule has 0 spiro atoms. The van der Waals surface area contributed by atoms with Gasteiger partial charge < -0.3 is 24.8 Å². The molecule has 1 saturated heterocycles. The van der Waals surface area contributed by atoms with E-state index < -0.39 is 5.60 Å². The monoisotopic (exact) mass is 371 g/mol. The lowest BCUT2D eigenvalue weighted by Gasteiger charge is -2.39. The minimum absolute atomic E-state index is 0.0708. The van der Waals surface area contributed by atoms with Crippen LogP contribution in [0.5, 0.6) is 11.5 Å². The van der Waals surface area contributed by atoms with E-state index in [0.717, 1.165) is 11.3 Å². The number of hydrogen-bond donors (Lipinski definition) is 1. The number of amides is 1. The molecule has 0 unspecified atom stereocenters. The molecule has 1 aliphatic rings. The molecule has 27 heavy (non-hydrogen) atoms. The van der Waals surface area contributed by atoms with Crippen LogP contribution >= 0.6 is 0 Å². The van der Waals surface area contributed by atoms with Crippen molar-refractivity contribution in [2.45, 2.75) is 32.5 Å². The van der Waals surface area contributed by atoms with E-state index in [9.17, 15) is 4.79 Å². The average molecular weight is 371 g/mol. The number of aromatic nitrogens is 1. The van der Waals surface area contributed by atoms with E-state index in [4.69, 9.17) is 19.9 Å². The van der Waals surface area contributed by atoms with Crippen molar-refractivity contribution in [3.05, 3.63) is 36.4 Å². The van der Waals surface area contributed by atoms with Crippen LogP contribution in [0.2, 0.25) is 0 Å². The van der Waals surface area contributed by atoms with Gasteiger partial charge >= 0.3 is 6.09 Å². The van der Waals surface area contributed by atoms with E-state index in [0.29, 0.717) is 30.4 Å². The number of nitrogens with zero attached hydrogens (tertiary/aromatic N) is 2. The van der Waals surface area contributed by atoms with Crippen LogP contribution in [0.1, 0.15) is 20.8 Å². The number of carbonyl (C=O) groups excluding carboxylic acids is 1. The summed E-state index contributed by atoms with van der Waals surface area (Å²) in [5.74, 6) is 1.77. The third kappa shape index (κ3) is 4.61. The van der Waals surface area contributed by atoms with Crippen molar-refractivity contribution in [1.29, 1.82) is 0 Å². The Morgan fingerprint density at radius 3 is 2.59 bits per heavy atom. The Balaban J connectivity index is 1.63. The fourth-order valence-corrected chi connectivity index (χ4v) is 2.74. The molecule has 2 aromatic rings. The van der Waals surface area contributed by atoms with Gasteiger partial charge in [-0.05, 0) is 45.0 Å². The fraction of sp³-hybridized carbons (Fsp3) is 0.400. The zero-order valence-corrected chi connectivity index (χ0v) is 16.1. The Bertz CT molecular complexity index is 826. The van der Waals surface area contributed by atoms with Gasteiger partial charge in [0, 0.05) is 11.6 Å². The molecular weight excluding hydrogens is 346 g/mol. The summed E-state index contributed by atoms with van der Waals surface area (Å²) < 4.78 is 16.8. The van der Waals surface area contributed by atoms with Crippen molar-refractivity contribution in [1.82, 2.24) is 9.88 Å². The quantitative estimate of drug-likeness (QED) is 0.887. The summed E-state index contributed by atoms with van der Waals surface area (Å²) in [6.45, 7) is 6.54. The molecule has 0 aliphatic carbocycles. The number of methoxy groups -OCH3 is 1. The molecule has 1 fully saturated rings. The first-order chi connectivity index (χ1) is 12.7. The summed E-state index contributed by atoms with van der Waals surface area (Å²) in [7, 11) is 1.60. The number of nitrogen functional groups attached to an aromatic ring is 1. The molecule has 1 aliphatic heterocycles. The zero-order chi connectivity index (χ0) is 19.6. The van der Waals surface area contributed by atoms with Crippen LogP contribution in [-0.4, -0.2) is 47.9 Å². The number of carbonyl (C=O) groups is 1. The zero-order valence-electron chi connectivity index (χ0n) is 16.1. The molecule has 144 valence electrons. The van der Waals surface area contributed by atoms with Gasteiger partial charge in [-0.25, -0.2) is 9.78 Å². The lowest BCUT2D eigenvalue weighted by Crippen LogP contribution is -2.57. The average Bonchev–Trinajstić information content (AvgIpc) is 2.55. The molecule has 1 amide bonds. The van der Waals surface area contributed by atoms with Crippen molar-refractivity contribution in [3.8, 4) is 22.8 Å². The molecule has 7 heteroatoms. The first kappa shape index (κ1) is 18.8. The fourth-order valence-electron chi connectivity index (χ4n) is 2.74. The lowest BCUT2D eigenvalue weighted by molar-refractivity contribution is -0.0221. The normalized spacial score (nSPS) is 14.4. The minimum atomic E-state index is -0.499. The number of pyridine rings is 1. The van der Waals surface area contributed by atoms with Gasteiger partial charge in [0.15, 0.2) is 0 Å². The SMILES string of the molecule is COc1cc(OC2CN(C(=O)OC(C)(C)C)C2)ccc1-c1cccc(N)n1. The number of rotatable bonds is 4.